The third-order valence-corrected chi connectivity index (χ3v) is 3.46. The standard InChI is InChI=1S/C16H17ClFNO/c1-2-14(19)12-7-3-4-9-15(12)20-10-11-6-5-8-13(17)16(11)18/h3-9,14H,2,10,19H2,1H3. The number of hydrogen-bond donors (Lipinski definition) is 1. The third-order valence-electron chi connectivity index (χ3n) is 3.17. The molecule has 0 aliphatic heterocycles. The van der Waals surface area contributed by atoms with Gasteiger partial charge in [0, 0.05) is 17.2 Å². The fraction of sp³-hybridized carbons (Fsp3) is 0.250. The first-order valence-corrected chi connectivity index (χ1v) is 6.91. The molecule has 2 N–H and O–H groups in total. The largest absolute Gasteiger partial charge is 0.488 e. The molecule has 0 fully saturated rings. The van der Waals surface area contributed by atoms with E-state index in [9.17, 15) is 4.39 Å². The van der Waals surface area contributed by atoms with Crippen LogP contribution in [0.2, 0.25) is 5.02 Å². The topological polar surface area (TPSA) is 35.2 Å². The molecule has 4 heteroatoms. The van der Waals surface area contributed by atoms with E-state index in [2.05, 4.69) is 0 Å². The van der Waals surface area contributed by atoms with Crippen LogP contribution in [0.5, 0.6) is 5.75 Å². The lowest BCUT2D eigenvalue weighted by Gasteiger charge is -2.16. The van der Waals surface area contributed by atoms with E-state index in [1.807, 2.05) is 31.2 Å². The monoisotopic (exact) mass is 293 g/mol. The molecule has 0 saturated heterocycles. The average Bonchev–Trinajstić information content (AvgIpc) is 2.48. The Morgan fingerprint density at radius 3 is 2.70 bits per heavy atom. The van der Waals surface area contributed by atoms with Gasteiger partial charge in [0.05, 0.1) is 5.02 Å². The number of para-hydroxylation sites is 1. The number of hydrogen-bond acceptors (Lipinski definition) is 2. The van der Waals surface area contributed by atoms with E-state index >= 15 is 0 Å². The maximum atomic E-state index is 13.8. The lowest BCUT2D eigenvalue weighted by molar-refractivity contribution is 0.294. The lowest BCUT2D eigenvalue weighted by atomic mass is 10.0. The molecule has 0 saturated carbocycles. The minimum absolute atomic E-state index is 0.0876. The van der Waals surface area contributed by atoms with Crippen molar-refractivity contribution in [3.05, 3.63) is 64.4 Å². The van der Waals surface area contributed by atoms with E-state index in [0.29, 0.717) is 11.3 Å². The molecule has 1 atom stereocenters. The second-order valence-electron chi connectivity index (χ2n) is 4.55. The first-order chi connectivity index (χ1) is 9.63. The van der Waals surface area contributed by atoms with Crippen LogP contribution < -0.4 is 10.5 Å². The Kier molecular flexibility index (Phi) is 4.99. The summed E-state index contributed by atoms with van der Waals surface area (Å²) in [5.41, 5.74) is 7.40. The number of halogens is 2. The molecule has 0 bridgehead atoms. The molecule has 0 spiro atoms. The molecule has 0 aromatic heterocycles. The zero-order valence-electron chi connectivity index (χ0n) is 11.3. The van der Waals surface area contributed by atoms with Crippen molar-refractivity contribution in [3.63, 3.8) is 0 Å². The molecule has 0 heterocycles. The minimum atomic E-state index is -0.438. The second-order valence-corrected chi connectivity index (χ2v) is 4.96. The van der Waals surface area contributed by atoms with Crippen molar-refractivity contribution < 1.29 is 9.13 Å². The van der Waals surface area contributed by atoms with E-state index in [1.165, 1.54) is 6.07 Å². The van der Waals surface area contributed by atoms with Gasteiger partial charge in [0.1, 0.15) is 18.2 Å². The van der Waals surface area contributed by atoms with Gasteiger partial charge in [0.25, 0.3) is 0 Å². The SMILES string of the molecule is CCC(N)c1ccccc1OCc1cccc(Cl)c1F. The highest BCUT2D eigenvalue weighted by Gasteiger charge is 2.11. The van der Waals surface area contributed by atoms with E-state index in [4.69, 9.17) is 22.1 Å². The smallest absolute Gasteiger partial charge is 0.148 e. The predicted molar refractivity (Wildman–Crippen MR) is 79.4 cm³/mol. The zero-order valence-corrected chi connectivity index (χ0v) is 12.0. The summed E-state index contributed by atoms with van der Waals surface area (Å²) in [4.78, 5) is 0. The van der Waals surface area contributed by atoms with Crippen LogP contribution >= 0.6 is 11.6 Å². The Labute approximate surface area is 123 Å². The molecule has 0 amide bonds. The number of nitrogens with two attached hydrogens (primary N) is 1. The highest BCUT2D eigenvalue weighted by molar-refractivity contribution is 6.30. The Morgan fingerprint density at radius 1 is 1.20 bits per heavy atom. The summed E-state index contributed by atoms with van der Waals surface area (Å²) in [5.74, 6) is 0.243. The summed E-state index contributed by atoms with van der Waals surface area (Å²) in [5, 5.41) is 0.102. The molecular formula is C16H17ClFNO. The van der Waals surface area contributed by atoms with E-state index in [0.717, 1.165) is 12.0 Å². The summed E-state index contributed by atoms with van der Waals surface area (Å²) in [6, 6.07) is 12.3. The van der Waals surface area contributed by atoms with Gasteiger partial charge in [-0.05, 0) is 18.6 Å². The first-order valence-electron chi connectivity index (χ1n) is 6.53. The fourth-order valence-electron chi connectivity index (χ4n) is 1.95. The number of ether oxygens (including phenoxy) is 1. The Balaban J connectivity index is 2.17. The van der Waals surface area contributed by atoms with Gasteiger partial charge in [-0.2, -0.15) is 0 Å². The quantitative estimate of drug-likeness (QED) is 0.883. The minimum Gasteiger partial charge on any atom is -0.488 e. The van der Waals surface area contributed by atoms with Crippen LogP contribution in [-0.2, 0) is 6.61 Å². The summed E-state index contributed by atoms with van der Waals surface area (Å²) >= 11 is 5.75. The maximum absolute atomic E-state index is 13.8. The zero-order chi connectivity index (χ0) is 14.5. The Morgan fingerprint density at radius 2 is 1.95 bits per heavy atom. The predicted octanol–water partition coefficient (Wildman–Crippen LogP) is 4.47. The van der Waals surface area contributed by atoms with Crippen molar-refractivity contribution in [1.82, 2.24) is 0 Å². The van der Waals surface area contributed by atoms with Crippen LogP contribution in [-0.4, -0.2) is 0 Å². The van der Waals surface area contributed by atoms with E-state index in [-0.39, 0.29) is 17.7 Å². The highest BCUT2D eigenvalue weighted by atomic mass is 35.5. The summed E-state index contributed by atoms with van der Waals surface area (Å²) in [6.07, 6.45) is 0.811. The van der Waals surface area contributed by atoms with Crippen LogP contribution in [0.1, 0.15) is 30.5 Å². The first kappa shape index (κ1) is 14.8. The summed E-state index contributed by atoms with van der Waals surface area (Å²) in [6.45, 7) is 2.14. The molecule has 106 valence electrons. The Bertz CT molecular complexity index is 588. The van der Waals surface area contributed by atoms with Gasteiger partial charge in [0.15, 0.2) is 0 Å². The second kappa shape index (κ2) is 6.73. The van der Waals surface area contributed by atoms with Gasteiger partial charge >= 0.3 is 0 Å². The lowest BCUT2D eigenvalue weighted by Crippen LogP contribution is -2.11. The molecule has 20 heavy (non-hydrogen) atoms. The molecule has 2 rings (SSSR count). The van der Waals surface area contributed by atoms with E-state index in [1.54, 1.807) is 12.1 Å². The molecule has 0 radical (unpaired) electrons. The maximum Gasteiger partial charge on any atom is 0.148 e. The molecule has 2 nitrogen and oxygen atoms in total. The van der Waals surface area contributed by atoms with Crippen molar-refractivity contribution in [2.45, 2.75) is 26.0 Å². The van der Waals surface area contributed by atoms with Gasteiger partial charge in [-0.25, -0.2) is 4.39 Å². The van der Waals surface area contributed by atoms with Crippen molar-refractivity contribution in [1.29, 1.82) is 0 Å². The highest BCUT2D eigenvalue weighted by Crippen LogP contribution is 2.27. The fourth-order valence-corrected chi connectivity index (χ4v) is 2.15. The van der Waals surface area contributed by atoms with Crippen LogP contribution in [0.25, 0.3) is 0 Å². The molecule has 1 unspecified atom stereocenters. The number of benzene rings is 2. The summed E-state index contributed by atoms with van der Waals surface area (Å²) < 4.78 is 19.5. The third kappa shape index (κ3) is 3.30. The normalized spacial score (nSPS) is 12.2. The molecule has 0 aliphatic carbocycles. The van der Waals surface area contributed by atoms with Crippen molar-refractivity contribution >= 4 is 11.6 Å². The van der Waals surface area contributed by atoms with Gasteiger partial charge in [0.2, 0.25) is 0 Å². The van der Waals surface area contributed by atoms with Crippen LogP contribution in [0, 0.1) is 5.82 Å². The van der Waals surface area contributed by atoms with Crippen LogP contribution in [0.3, 0.4) is 0 Å². The summed E-state index contributed by atoms with van der Waals surface area (Å²) in [7, 11) is 0. The van der Waals surface area contributed by atoms with Crippen molar-refractivity contribution in [2.75, 3.05) is 0 Å². The van der Waals surface area contributed by atoms with Gasteiger partial charge in [-0.15, -0.1) is 0 Å². The van der Waals surface area contributed by atoms with Crippen molar-refractivity contribution in [2.24, 2.45) is 5.73 Å². The molecule has 0 aliphatic rings. The molecular weight excluding hydrogens is 277 g/mol. The molecule has 2 aromatic carbocycles. The van der Waals surface area contributed by atoms with Gasteiger partial charge in [-0.1, -0.05) is 48.9 Å². The van der Waals surface area contributed by atoms with Crippen LogP contribution in [0.4, 0.5) is 4.39 Å². The molecule has 2 aromatic rings. The number of rotatable bonds is 5. The van der Waals surface area contributed by atoms with Crippen molar-refractivity contribution in [3.8, 4) is 5.75 Å². The van der Waals surface area contributed by atoms with Gasteiger partial charge in [-0.3, -0.25) is 0 Å². The van der Waals surface area contributed by atoms with Crippen LogP contribution in [0.15, 0.2) is 42.5 Å². The Hall–Kier alpha value is -1.58. The van der Waals surface area contributed by atoms with Gasteiger partial charge < -0.3 is 10.5 Å². The van der Waals surface area contributed by atoms with E-state index < -0.39 is 5.82 Å². The average molecular weight is 294 g/mol.